The maximum atomic E-state index is 11.8. The molecule has 0 aliphatic heterocycles. The first-order valence-electron chi connectivity index (χ1n) is 5.70. The summed E-state index contributed by atoms with van der Waals surface area (Å²) in [4.78, 5) is 10.6. The van der Waals surface area contributed by atoms with E-state index in [1.165, 1.54) is 0 Å². The second kappa shape index (κ2) is 5.47. The van der Waals surface area contributed by atoms with Gasteiger partial charge in [-0.25, -0.2) is 17.9 Å². The quantitative estimate of drug-likeness (QED) is 0.789. The Morgan fingerprint density at radius 1 is 1.45 bits per heavy atom. The first-order chi connectivity index (χ1) is 9.38. The number of aryl methyl sites for hydroxylation is 1. The zero-order valence-electron chi connectivity index (χ0n) is 10.6. The first-order valence-corrected chi connectivity index (χ1v) is 7.18. The number of carboxylic acids is 1. The van der Waals surface area contributed by atoms with Crippen molar-refractivity contribution in [1.82, 2.24) is 14.5 Å². The van der Waals surface area contributed by atoms with Crippen LogP contribution >= 0.6 is 0 Å². The van der Waals surface area contributed by atoms with E-state index in [4.69, 9.17) is 9.52 Å². The van der Waals surface area contributed by atoms with Crippen LogP contribution in [-0.4, -0.2) is 35.8 Å². The molecular formula is C11H13N3O5S. The molecule has 20 heavy (non-hydrogen) atoms. The Hall–Kier alpha value is -2.13. The number of hydrogen-bond acceptors (Lipinski definition) is 5. The van der Waals surface area contributed by atoms with Gasteiger partial charge >= 0.3 is 5.97 Å². The Kier molecular flexibility index (Phi) is 3.91. The summed E-state index contributed by atoms with van der Waals surface area (Å²) in [6.45, 7) is 0.141. The van der Waals surface area contributed by atoms with Crippen molar-refractivity contribution >= 4 is 16.0 Å². The fourth-order valence-corrected chi connectivity index (χ4v) is 2.52. The van der Waals surface area contributed by atoms with E-state index in [9.17, 15) is 13.2 Å². The fraction of sp³-hybridized carbons (Fsp3) is 0.273. The highest BCUT2D eigenvalue weighted by Gasteiger charge is 2.20. The molecule has 9 heteroatoms. The molecule has 2 aromatic rings. The van der Waals surface area contributed by atoms with Crippen molar-refractivity contribution in [3.63, 3.8) is 0 Å². The van der Waals surface area contributed by atoms with Gasteiger partial charge in [0, 0.05) is 26.2 Å². The number of aromatic nitrogens is 2. The molecule has 0 saturated carbocycles. The van der Waals surface area contributed by atoms with Gasteiger partial charge < -0.3 is 9.52 Å². The predicted molar refractivity (Wildman–Crippen MR) is 67.8 cm³/mol. The summed E-state index contributed by atoms with van der Waals surface area (Å²) in [7, 11) is -2.08. The molecule has 2 aromatic heterocycles. The number of sulfonamides is 1. The number of carboxylic acid groups (broad SMARTS) is 1. The van der Waals surface area contributed by atoms with E-state index in [1.54, 1.807) is 24.0 Å². The molecule has 0 amide bonds. The minimum atomic E-state index is -3.85. The van der Waals surface area contributed by atoms with Crippen LogP contribution in [0, 0.1) is 0 Å². The molecular weight excluding hydrogens is 286 g/mol. The van der Waals surface area contributed by atoms with Crippen LogP contribution in [0.5, 0.6) is 0 Å². The number of aromatic carboxylic acids is 1. The third-order valence-electron chi connectivity index (χ3n) is 2.50. The predicted octanol–water partition coefficient (Wildman–Crippen LogP) is 0.232. The van der Waals surface area contributed by atoms with Crippen molar-refractivity contribution in [2.24, 2.45) is 7.05 Å². The summed E-state index contributed by atoms with van der Waals surface area (Å²) in [5.41, 5.74) is 0.751. The Balaban J connectivity index is 1.98. The normalized spacial score (nSPS) is 11.7. The van der Waals surface area contributed by atoms with Crippen molar-refractivity contribution in [2.45, 2.75) is 11.5 Å². The van der Waals surface area contributed by atoms with Gasteiger partial charge in [-0.05, 0) is 18.2 Å². The van der Waals surface area contributed by atoms with Crippen molar-refractivity contribution in [3.05, 3.63) is 35.9 Å². The van der Waals surface area contributed by atoms with Crippen LogP contribution in [-0.2, 0) is 23.5 Å². The van der Waals surface area contributed by atoms with Crippen LogP contribution in [0.15, 0.2) is 33.9 Å². The lowest BCUT2D eigenvalue weighted by molar-refractivity contribution is 0.0656. The molecule has 0 radical (unpaired) electrons. The zero-order valence-corrected chi connectivity index (χ0v) is 11.4. The topological polar surface area (TPSA) is 114 Å². The molecule has 0 saturated heterocycles. The number of rotatable bonds is 6. The Morgan fingerprint density at radius 3 is 2.75 bits per heavy atom. The smallest absolute Gasteiger partial charge is 0.371 e. The maximum Gasteiger partial charge on any atom is 0.371 e. The van der Waals surface area contributed by atoms with Gasteiger partial charge in [0.05, 0.1) is 5.69 Å². The molecule has 0 spiro atoms. The van der Waals surface area contributed by atoms with Crippen LogP contribution in [0.4, 0.5) is 0 Å². The molecule has 8 nitrogen and oxygen atoms in total. The highest BCUT2D eigenvalue weighted by Crippen LogP contribution is 2.13. The summed E-state index contributed by atoms with van der Waals surface area (Å²) in [5, 5.41) is 12.4. The zero-order chi connectivity index (χ0) is 14.8. The Morgan fingerprint density at radius 2 is 2.20 bits per heavy atom. The Bertz CT molecular complexity index is 716. The minimum absolute atomic E-state index is 0.141. The molecule has 0 aliphatic rings. The summed E-state index contributed by atoms with van der Waals surface area (Å²) >= 11 is 0. The monoisotopic (exact) mass is 299 g/mol. The van der Waals surface area contributed by atoms with Gasteiger partial charge in [0.2, 0.25) is 10.9 Å². The van der Waals surface area contributed by atoms with Crippen molar-refractivity contribution in [2.75, 3.05) is 6.54 Å². The molecule has 108 valence electrons. The third-order valence-corrected chi connectivity index (χ3v) is 3.83. The molecule has 0 bridgehead atoms. The second-order valence-electron chi connectivity index (χ2n) is 4.05. The molecule has 2 N–H and O–H groups in total. The molecule has 2 rings (SSSR count). The number of carbonyl (C=O) groups is 1. The lowest BCUT2D eigenvalue weighted by Crippen LogP contribution is -2.25. The molecule has 0 fully saturated rings. The summed E-state index contributed by atoms with van der Waals surface area (Å²) < 4.78 is 32.4. The molecule has 0 unspecified atom stereocenters. The van der Waals surface area contributed by atoms with E-state index in [2.05, 4.69) is 9.82 Å². The Labute approximate surface area is 115 Å². The highest BCUT2D eigenvalue weighted by atomic mass is 32.2. The fourth-order valence-electron chi connectivity index (χ4n) is 1.56. The third kappa shape index (κ3) is 3.25. The molecule has 0 aliphatic carbocycles. The molecule has 0 aromatic carbocycles. The van der Waals surface area contributed by atoms with Gasteiger partial charge in [0.15, 0.2) is 0 Å². The number of nitrogens with one attached hydrogen (secondary N) is 1. The van der Waals surface area contributed by atoms with Gasteiger partial charge in [0.1, 0.15) is 0 Å². The van der Waals surface area contributed by atoms with Crippen molar-refractivity contribution < 1.29 is 22.7 Å². The van der Waals surface area contributed by atoms with Gasteiger partial charge in [-0.2, -0.15) is 5.10 Å². The summed E-state index contributed by atoms with van der Waals surface area (Å²) in [5.74, 6) is -1.74. The van der Waals surface area contributed by atoms with Crippen molar-refractivity contribution in [1.29, 1.82) is 0 Å². The second-order valence-corrected chi connectivity index (χ2v) is 5.75. The van der Waals surface area contributed by atoms with Gasteiger partial charge in [-0.15, -0.1) is 0 Å². The van der Waals surface area contributed by atoms with Crippen LogP contribution in [0.3, 0.4) is 0 Å². The number of nitrogens with zero attached hydrogens (tertiary/aromatic N) is 2. The maximum absolute atomic E-state index is 11.8. The largest absolute Gasteiger partial charge is 0.475 e. The van der Waals surface area contributed by atoms with Crippen molar-refractivity contribution in [3.8, 4) is 0 Å². The van der Waals surface area contributed by atoms with Crippen LogP contribution in [0.1, 0.15) is 16.2 Å². The van der Waals surface area contributed by atoms with E-state index in [-0.39, 0.29) is 6.54 Å². The van der Waals surface area contributed by atoms with E-state index < -0.39 is 26.8 Å². The lowest BCUT2D eigenvalue weighted by atomic mass is 10.3. The number of furan rings is 1. The van der Waals surface area contributed by atoms with E-state index >= 15 is 0 Å². The van der Waals surface area contributed by atoms with Crippen LogP contribution < -0.4 is 4.72 Å². The van der Waals surface area contributed by atoms with E-state index in [0.717, 1.165) is 17.8 Å². The average Bonchev–Trinajstić information content (AvgIpc) is 2.98. The van der Waals surface area contributed by atoms with Crippen LogP contribution in [0.25, 0.3) is 0 Å². The van der Waals surface area contributed by atoms with Crippen LogP contribution in [0.2, 0.25) is 0 Å². The summed E-state index contributed by atoms with van der Waals surface area (Å²) in [6.07, 6.45) is 2.18. The van der Waals surface area contributed by atoms with Gasteiger partial charge in [-0.1, -0.05) is 0 Å². The summed E-state index contributed by atoms with van der Waals surface area (Å²) in [6, 6.07) is 3.98. The molecule has 0 atom stereocenters. The minimum Gasteiger partial charge on any atom is -0.475 e. The van der Waals surface area contributed by atoms with E-state index in [0.29, 0.717) is 6.42 Å². The first kappa shape index (κ1) is 14.3. The number of hydrogen-bond donors (Lipinski definition) is 2. The van der Waals surface area contributed by atoms with Gasteiger partial charge in [-0.3, -0.25) is 4.68 Å². The average molecular weight is 299 g/mol. The van der Waals surface area contributed by atoms with E-state index in [1.807, 2.05) is 0 Å². The van der Waals surface area contributed by atoms with Gasteiger partial charge in [0.25, 0.3) is 10.0 Å². The molecule has 2 heterocycles. The standard InChI is InChI=1S/C11H13N3O5S/c1-14-7-5-8(13-14)4-6-12-20(17,18)10-3-2-9(19-10)11(15)16/h2-3,5,7,12H,4,6H2,1H3,(H,15,16). The highest BCUT2D eigenvalue weighted by molar-refractivity contribution is 7.89. The lowest BCUT2D eigenvalue weighted by Gasteiger charge is -2.02. The SMILES string of the molecule is Cn1ccc(CCNS(=O)(=O)c2ccc(C(=O)O)o2)n1.